The van der Waals surface area contributed by atoms with Crippen LogP contribution >= 0.6 is 0 Å². The predicted octanol–water partition coefficient (Wildman–Crippen LogP) is 3.58. The number of halogens is 3. The lowest BCUT2D eigenvalue weighted by Gasteiger charge is -2.32. The Labute approximate surface area is 181 Å². The molecule has 1 aliphatic heterocycles. The SMILES string of the molecule is C[C@@H](Nc1ncc2cc(C3(O)CCOCC3)c(=O)n(C)c2n1)c1cccc(C(F)F)c1F. The Morgan fingerprint density at radius 3 is 2.62 bits per heavy atom. The number of pyridine rings is 1. The van der Waals surface area contributed by atoms with E-state index in [1.807, 2.05) is 0 Å². The molecule has 0 radical (unpaired) electrons. The molecule has 32 heavy (non-hydrogen) atoms. The normalized spacial score (nSPS) is 17.0. The summed E-state index contributed by atoms with van der Waals surface area (Å²) in [4.78, 5) is 21.5. The van der Waals surface area contributed by atoms with E-state index in [-0.39, 0.29) is 22.6 Å². The van der Waals surface area contributed by atoms with E-state index in [2.05, 4.69) is 15.3 Å². The molecule has 1 fully saturated rings. The van der Waals surface area contributed by atoms with Crippen molar-refractivity contribution in [2.45, 2.75) is 37.8 Å². The van der Waals surface area contributed by atoms with E-state index in [0.717, 1.165) is 6.07 Å². The molecule has 3 aromatic rings. The van der Waals surface area contributed by atoms with Crippen LogP contribution in [0.25, 0.3) is 11.0 Å². The van der Waals surface area contributed by atoms with E-state index in [0.29, 0.717) is 37.1 Å². The second-order valence-electron chi connectivity index (χ2n) is 7.96. The number of hydrogen-bond acceptors (Lipinski definition) is 6. The Balaban J connectivity index is 1.67. The van der Waals surface area contributed by atoms with Crippen LogP contribution in [-0.2, 0) is 17.4 Å². The van der Waals surface area contributed by atoms with Crippen LogP contribution in [0.4, 0.5) is 19.1 Å². The summed E-state index contributed by atoms with van der Waals surface area (Å²) in [5.41, 5.74) is -1.69. The average Bonchev–Trinajstić information content (AvgIpc) is 2.76. The molecule has 0 saturated carbocycles. The molecule has 0 aliphatic carbocycles. The summed E-state index contributed by atoms with van der Waals surface area (Å²) in [6, 6.07) is 4.71. The van der Waals surface area contributed by atoms with Crippen molar-refractivity contribution in [1.82, 2.24) is 14.5 Å². The first kappa shape index (κ1) is 22.2. The van der Waals surface area contributed by atoms with Crippen LogP contribution in [0.15, 0.2) is 35.3 Å². The van der Waals surface area contributed by atoms with Gasteiger partial charge in [0.2, 0.25) is 5.95 Å². The van der Waals surface area contributed by atoms with Gasteiger partial charge in [-0.1, -0.05) is 18.2 Å². The molecule has 0 amide bonds. The lowest BCUT2D eigenvalue weighted by molar-refractivity contribution is -0.0688. The molecule has 1 aliphatic rings. The van der Waals surface area contributed by atoms with Crippen LogP contribution < -0.4 is 10.9 Å². The zero-order valence-corrected chi connectivity index (χ0v) is 17.6. The number of nitrogens with zero attached hydrogens (tertiary/aromatic N) is 3. The van der Waals surface area contributed by atoms with E-state index in [1.165, 1.54) is 22.9 Å². The first-order valence-electron chi connectivity index (χ1n) is 10.2. The number of ether oxygens (including phenoxy) is 1. The monoisotopic (exact) mass is 448 g/mol. The summed E-state index contributed by atoms with van der Waals surface area (Å²) in [5, 5.41) is 14.4. The van der Waals surface area contributed by atoms with Gasteiger partial charge in [-0.2, -0.15) is 4.98 Å². The van der Waals surface area contributed by atoms with Crippen LogP contribution in [-0.4, -0.2) is 32.9 Å². The van der Waals surface area contributed by atoms with Gasteiger partial charge in [-0.15, -0.1) is 0 Å². The fraction of sp³-hybridized carbons (Fsp3) is 0.409. The van der Waals surface area contributed by atoms with Gasteiger partial charge in [-0.3, -0.25) is 9.36 Å². The highest BCUT2D eigenvalue weighted by atomic mass is 19.3. The Morgan fingerprint density at radius 2 is 1.94 bits per heavy atom. The van der Waals surface area contributed by atoms with E-state index in [9.17, 15) is 23.1 Å². The van der Waals surface area contributed by atoms with E-state index in [1.54, 1.807) is 20.0 Å². The highest BCUT2D eigenvalue weighted by Gasteiger charge is 2.35. The molecule has 2 aromatic heterocycles. The van der Waals surface area contributed by atoms with Crippen LogP contribution in [0.2, 0.25) is 0 Å². The van der Waals surface area contributed by atoms with Gasteiger partial charge >= 0.3 is 0 Å². The lowest BCUT2D eigenvalue weighted by atomic mass is 9.87. The maximum atomic E-state index is 14.5. The van der Waals surface area contributed by atoms with Crippen molar-refractivity contribution in [3.05, 3.63) is 63.3 Å². The molecule has 10 heteroatoms. The summed E-state index contributed by atoms with van der Waals surface area (Å²) in [6.45, 7) is 2.32. The number of aliphatic hydroxyl groups is 1. The average molecular weight is 448 g/mol. The smallest absolute Gasteiger partial charge is 0.266 e. The van der Waals surface area contributed by atoms with Crippen LogP contribution in [0.5, 0.6) is 0 Å². The van der Waals surface area contributed by atoms with Crippen molar-refractivity contribution in [1.29, 1.82) is 0 Å². The van der Waals surface area contributed by atoms with Gasteiger partial charge in [0.1, 0.15) is 11.5 Å². The van der Waals surface area contributed by atoms with Gasteiger partial charge < -0.3 is 15.2 Å². The molecule has 2 N–H and O–H groups in total. The summed E-state index contributed by atoms with van der Waals surface area (Å²) < 4.78 is 47.1. The van der Waals surface area contributed by atoms with E-state index in [4.69, 9.17) is 4.74 Å². The number of aryl methyl sites for hydroxylation is 1. The van der Waals surface area contributed by atoms with Crippen molar-refractivity contribution in [2.75, 3.05) is 18.5 Å². The Bertz CT molecular complexity index is 1210. The zero-order chi connectivity index (χ0) is 23.0. The quantitative estimate of drug-likeness (QED) is 0.620. The van der Waals surface area contributed by atoms with Crippen molar-refractivity contribution in [3.63, 3.8) is 0 Å². The molecule has 170 valence electrons. The summed E-state index contributed by atoms with van der Waals surface area (Å²) in [6.07, 6.45) is -0.799. The topological polar surface area (TPSA) is 89.3 Å². The summed E-state index contributed by atoms with van der Waals surface area (Å²) in [5.74, 6) is -0.871. The largest absolute Gasteiger partial charge is 0.385 e. The highest BCUT2D eigenvalue weighted by molar-refractivity contribution is 5.76. The lowest BCUT2D eigenvalue weighted by Crippen LogP contribution is -2.40. The van der Waals surface area contributed by atoms with Crippen LogP contribution in [0.1, 0.15) is 48.9 Å². The third-order valence-corrected chi connectivity index (χ3v) is 5.88. The Kier molecular flexibility index (Phi) is 5.91. The molecule has 1 saturated heterocycles. The molecule has 3 heterocycles. The van der Waals surface area contributed by atoms with Gasteiger partial charge in [0.05, 0.1) is 17.2 Å². The first-order chi connectivity index (χ1) is 15.2. The van der Waals surface area contributed by atoms with Gasteiger partial charge in [0.25, 0.3) is 12.0 Å². The second-order valence-corrected chi connectivity index (χ2v) is 7.96. The number of nitrogens with one attached hydrogen (secondary N) is 1. The van der Waals surface area contributed by atoms with Crippen LogP contribution in [0.3, 0.4) is 0 Å². The van der Waals surface area contributed by atoms with Crippen molar-refractivity contribution >= 4 is 17.0 Å². The number of fused-ring (bicyclic) bond motifs is 1. The maximum absolute atomic E-state index is 14.5. The maximum Gasteiger partial charge on any atom is 0.266 e. The van der Waals surface area contributed by atoms with E-state index < -0.39 is 29.4 Å². The van der Waals surface area contributed by atoms with Crippen molar-refractivity contribution in [2.24, 2.45) is 7.05 Å². The summed E-state index contributed by atoms with van der Waals surface area (Å²) >= 11 is 0. The minimum atomic E-state index is -2.92. The number of alkyl halides is 2. The Hall–Kier alpha value is -2.98. The third kappa shape index (κ3) is 3.95. The van der Waals surface area contributed by atoms with Gasteiger partial charge in [0.15, 0.2) is 0 Å². The van der Waals surface area contributed by atoms with Crippen molar-refractivity contribution in [3.8, 4) is 0 Å². The number of hydrogen-bond donors (Lipinski definition) is 2. The van der Waals surface area contributed by atoms with E-state index >= 15 is 0 Å². The number of benzene rings is 1. The molecule has 4 rings (SSSR count). The standard InChI is InChI=1S/C22H23F3N4O3/c1-12(14-4-3-5-15(17(14)23)18(24)25)27-21-26-11-13-10-16(20(30)29(2)19(13)28-21)22(31)6-8-32-9-7-22/h3-5,10-12,18,31H,6-9H2,1-2H3,(H,26,27,28)/t12-/m1/s1. The number of rotatable bonds is 5. The minimum Gasteiger partial charge on any atom is -0.385 e. The molecule has 0 unspecified atom stereocenters. The zero-order valence-electron chi connectivity index (χ0n) is 17.6. The molecular weight excluding hydrogens is 425 g/mol. The fourth-order valence-electron chi connectivity index (χ4n) is 3.97. The highest BCUT2D eigenvalue weighted by Crippen LogP contribution is 2.32. The van der Waals surface area contributed by atoms with Crippen molar-refractivity contribution < 1.29 is 23.0 Å². The fourth-order valence-corrected chi connectivity index (χ4v) is 3.97. The Morgan fingerprint density at radius 1 is 1.25 bits per heavy atom. The molecular formula is C22H23F3N4O3. The second kappa shape index (κ2) is 8.51. The summed E-state index contributed by atoms with van der Waals surface area (Å²) in [7, 11) is 1.54. The molecule has 7 nitrogen and oxygen atoms in total. The molecule has 1 aromatic carbocycles. The number of aromatic nitrogens is 3. The first-order valence-corrected chi connectivity index (χ1v) is 10.2. The minimum absolute atomic E-state index is 0.0532. The molecule has 0 bridgehead atoms. The third-order valence-electron chi connectivity index (χ3n) is 5.88. The predicted molar refractivity (Wildman–Crippen MR) is 112 cm³/mol. The molecule has 1 atom stereocenters. The number of anilines is 1. The molecule has 0 spiro atoms. The van der Waals surface area contributed by atoms with Gasteiger partial charge in [-0.05, 0) is 13.0 Å². The van der Waals surface area contributed by atoms with Gasteiger partial charge in [0, 0.05) is 55.8 Å². The van der Waals surface area contributed by atoms with Crippen LogP contribution in [0, 0.1) is 5.82 Å². The van der Waals surface area contributed by atoms with Gasteiger partial charge in [-0.25, -0.2) is 18.2 Å².